The number of nitrogens with zero attached hydrogens (tertiary/aromatic N) is 3. The second kappa shape index (κ2) is 7.30. The zero-order chi connectivity index (χ0) is 21.9. The Morgan fingerprint density at radius 3 is 2.71 bits per heavy atom. The number of aromatic nitrogens is 2. The third-order valence-electron chi connectivity index (χ3n) is 4.92. The molecule has 0 spiro atoms. The van der Waals surface area contributed by atoms with Gasteiger partial charge in [-0.1, -0.05) is 22.9 Å². The van der Waals surface area contributed by atoms with Crippen LogP contribution in [0.15, 0.2) is 52.3 Å². The summed E-state index contributed by atoms with van der Waals surface area (Å²) >= 11 is 8.55. The minimum Gasteiger partial charge on any atom is -0.503 e. The second-order valence-electron chi connectivity index (χ2n) is 6.94. The standard InChI is InChI=1S/C21H14ClN3O4S2/c1-9-19(30-10(2)23-9)17(26)15-16(13-4-3-7-29-13)25(20(28)18(15)27)21-24-12-6-5-11(22)8-14(12)31-21/h3-8,16,27H,1-2H3. The van der Waals surface area contributed by atoms with E-state index in [-0.39, 0.29) is 5.57 Å². The Morgan fingerprint density at radius 1 is 1.23 bits per heavy atom. The number of furan rings is 1. The molecule has 1 atom stereocenters. The van der Waals surface area contributed by atoms with Gasteiger partial charge in [0.05, 0.1) is 37.6 Å². The van der Waals surface area contributed by atoms with Crippen molar-refractivity contribution >= 4 is 61.3 Å². The number of ketones is 1. The number of thiazole rings is 2. The number of anilines is 1. The Morgan fingerprint density at radius 2 is 2.03 bits per heavy atom. The second-order valence-corrected chi connectivity index (χ2v) is 9.59. The van der Waals surface area contributed by atoms with Crippen molar-refractivity contribution in [2.24, 2.45) is 0 Å². The molecule has 0 bridgehead atoms. The molecule has 5 rings (SSSR count). The molecule has 7 nitrogen and oxygen atoms in total. The first-order valence-corrected chi connectivity index (χ1v) is 11.2. The van der Waals surface area contributed by atoms with Crippen LogP contribution in [0.25, 0.3) is 10.2 Å². The van der Waals surface area contributed by atoms with E-state index in [1.165, 1.54) is 33.8 Å². The third-order valence-corrected chi connectivity index (χ3v) is 7.24. The fourth-order valence-corrected chi connectivity index (χ4v) is 5.75. The van der Waals surface area contributed by atoms with Crippen LogP contribution in [0.2, 0.25) is 5.02 Å². The van der Waals surface area contributed by atoms with Crippen LogP contribution in [0.5, 0.6) is 0 Å². The van der Waals surface area contributed by atoms with Crippen LogP contribution in [-0.2, 0) is 4.79 Å². The van der Waals surface area contributed by atoms with Crippen molar-refractivity contribution in [1.29, 1.82) is 0 Å². The number of Topliss-reactive ketones (excluding diaryl/α,β-unsaturated/α-hetero) is 1. The minimum absolute atomic E-state index is 0.0519. The first-order chi connectivity index (χ1) is 14.8. The summed E-state index contributed by atoms with van der Waals surface area (Å²) in [7, 11) is 0. The van der Waals surface area contributed by atoms with Crippen molar-refractivity contribution < 1.29 is 19.1 Å². The smallest absolute Gasteiger partial charge is 0.296 e. The minimum atomic E-state index is -0.951. The Labute approximate surface area is 189 Å². The number of hydrogen-bond donors (Lipinski definition) is 1. The number of fused-ring (bicyclic) bond motifs is 1. The number of carbonyl (C=O) groups excluding carboxylic acids is 2. The van der Waals surface area contributed by atoms with E-state index in [1.54, 1.807) is 44.2 Å². The first kappa shape index (κ1) is 19.9. The van der Waals surface area contributed by atoms with E-state index in [2.05, 4.69) is 9.97 Å². The average molecular weight is 472 g/mol. The highest BCUT2D eigenvalue weighted by Gasteiger charge is 2.47. The normalized spacial score (nSPS) is 16.7. The van der Waals surface area contributed by atoms with Crippen LogP contribution >= 0.6 is 34.3 Å². The lowest BCUT2D eigenvalue weighted by molar-refractivity contribution is -0.117. The van der Waals surface area contributed by atoms with Crippen molar-refractivity contribution in [3.05, 3.63) is 74.3 Å². The quantitative estimate of drug-likeness (QED) is 0.400. The van der Waals surface area contributed by atoms with Gasteiger partial charge in [-0.15, -0.1) is 11.3 Å². The fourth-order valence-electron chi connectivity index (χ4n) is 3.60. The molecule has 1 N–H and O–H groups in total. The summed E-state index contributed by atoms with van der Waals surface area (Å²) in [5, 5.41) is 12.4. The highest BCUT2D eigenvalue weighted by atomic mass is 35.5. The SMILES string of the molecule is Cc1nc(C)c(C(=O)C2=C(O)C(=O)N(c3nc4ccc(Cl)cc4s3)C2c2ccco2)s1. The lowest BCUT2D eigenvalue weighted by Crippen LogP contribution is -2.30. The van der Waals surface area contributed by atoms with Gasteiger partial charge in [-0.05, 0) is 44.2 Å². The highest BCUT2D eigenvalue weighted by Crippen LogP contribution is 2.45. The molecular formula is C21H14ClN3O4S2. The number of aliphatic hydroxyl groups excluding tert-OH is 1. The summed E-state index contributed by atoms with van der Waals surface area (Å²) in [5.74, 6) is -1.44. The van der Waals surface area contributed by atoms with Crippen LogP contribution in [0.1, 0.15) is 32.2 Å². The molecule has 4 aromatic rings. The van der Waals surface area contributed by atoms with Crippen molar-refractivity contribution in [2.75, 3.05) is 4.90 Å². The van der Waals surface area contributed by atoms with Gasteiger partial charge in [-0.3, -0.25) is 14.5 Å². The molecule has 1 unspecified atom stereocenters. The molecule has 4 heterocycles. The van der Waals surface area contributed by atoms with E-state index >= 15 is 0 Å². The van der Waals surface area contributed by atoms with E-state index < -0.39 is 23.5 Å². The Bertz CT molecular complexity index is 1390. The number of rotatable bonds is 4. The van der Waals surface area contributed by atoms with Crippen LogP contribution in [-0.4, -0.2) is 26.8 Å². The van der Waals surface area contributed by atoms with Gasteiger partial charge in [0.15, 0.2) is 10.9 Å². The van der Waals surface area contributed by atoms with Crippen LogP contribution in [0.3, 0.4) is 0 Å². The summed E-state index contributed by atoms with van der Waals surface area (Å²) < 4.78 is 6.34. The molecule has 3 aromatic heterocycles. The zero-order valence-corrected chi connectivity index (χ0v) is 18.6. The average Bonchev–Trinajstić information content (AvgIpc) is 3.48. The van der Waals surface area contributed by atoms with E-state index in [0.29, 0.717) is 32.0 Å². The molecule has 1 aromatic carbocycles. The van der Waals surface area contributed by atoms with Gasteiger partial charge in [0.1, 0.15) is 11.8 Å². The Hall–Kier alpha value is -3.01. The Kier molecular flexibility index (Phi) is 4.69. The summed E-state index contributed by atoms with van der Waals surface area (Å²) in [5.41, 5.74) is 1.15. The summed E-state index contributed by atoms with van der Waals surface area (Å²) in [6, 6.07) is 7.59. The number of carbonyl (C=O) groups is 2. The molecule has 0 saturated carbocycles. The molecular weight excluding hydrogens is 458 g/mol. The van der Waals surface area contributed by atoms with Crippen molar-refractivity contribution in [3.8, 4) is 0 Å². The van der Waals surface area contributed by atoms with Gasteiger partial charge in [-0.25, -0.2) is 9.97 Å². The molecule has 0 radical (unpaired) electrons. The monoisotopic (exact) mass is 471 g/mol. The van der Waals surface area contributed by atoms with Gasteiger partial charge in [0, 0.05) is 5.02 Å². The van der Waals surface area contributed by atoms with Crippen LogP contribution in [0, 0.1) is 13.8 Å². The summed E-state index contributed by atoms with van der Waals surface area (Å²) in [6.45, 7) is 3.52. The first-order valence-electron chi connectivity index (χ1n) is 9.20. The predicted octanol–water partition coefficient (Wildman–Crippen LogP) is 5.40. The molecule has 0 aliphatic carbocycles. The maximum atomic E-state index is 13.4. The number of hydrogen-bond acceptors (Lipinski definition) is 8. The van der Waals surface area contributed by atoms with E-state index in [9.17, 15) is 14.7 Å². The molecule has 10 heteroatoms. The van der Waals surface area contributed by atoms with Gasteiger partial charge in [-0.2, -0.15) is 0 Å². The summed E-state index contributed by atoms with van der Waals surface area (Å²) in [6.07, 6.45) is 1.45. The van der Waals surface area contributed by atoms with Crippen molar-refractivity contribution in [2.45, 2.75) is 19.9 Å². The van der Waals surface area contributed by atoms with Gasteiger partial charge in [0.2, 0.25) is 5.78 Å². The van der Waals surface area contributed by atoms with Crippen LogP contribution in [0.4, 0.5) is 5.13 Å². The topological polar surface area (TPSA) is 96.5 Å². The van der Waals surface area contributed by atoms with Crippen LogP contribution < -0.4 is 4.90 Å². The third kappa shape index (κ3) is 3.16. The maximum absolute atomic E-state index is 13.4. The Balaban J connectivity index is 1.67. The number of halogens is 1. The zero-order valence-electron chi connectivity index (χ0n) is 16.2. The lowest BCUT2D eigenvalue weighted by Gasteiger charge is -2.22. The number of benzene rings is 1. The predicted molar refractivity (Wildman–Crippen MR) is 119 cm³/mol. The van der Waals surface area contributed by atoms with Crippen molar-refractivity contribution in [1.82, 2.24) is 9.97 Å². The lowest BCUT2D eigenvalue weighted by atomic mass is 10.00. The molecule has 31 heavy (non-hydrogen) atoms. The molecule has 156 valence electrons. The molecule has 0 saturated heterocycles. The fraction of sp³-hybridized carbons (Fsp3) is 0.143. The van der Waals surface area contributed by atoms with Crippen molar-refractivity contribution in [3.63, 3.8) is 0 Å². The number of amides is 1. The molecule has 1 amide bonds. The highest BCUT2D eigenvalue weighted by molar-refractivity contribution is 7.22. The molecule has 1 aliphatic rings. The number of aliphatic hydroxyl groups is 1. The molecule has 0 fully saturated rings. The van der Waals surface area contributed by atoms with Gasteiger partial charge >= 0.3 is 0 Å². The summed E-state index contributed by atoms with van der Waals surface area (Å²) in [4.78, 5) is 37.1. The maximum Gasteiger partial charge on any atom is 0.296 e. The molecule has 1 aliphatic heterocycles. The van der Waals surface area contributed by atoms with Gasteiger partial charge < -0.3 is 9.52 Å². The van der Waals surface area contributed by atoms with E-state index in [4.69, 9.17) is 16.0 Å². The largest absolute Gasteiger partial charge is 0.503 e. The van der Waals surface area contributed by atoms with E-state index in [1.807, 2.05) is 0 Å². The van der Waals surface area contributed by atoms with E-state index in [0.717, 1.165) is 9.71 Å². The number of aryl methyl sites for hydroxylation is 2. The van der Waals surface area contributed by atoms with Gasteiger partial charge in [0.25, 0.3) is 5.91 Å².